The Bertz CT molecular complexity index is 640. The molecule has 0 saturated carbocycles. The molecule has 7 heteroatoms. The number of hydrogen-bond acceptors (Lipinski definition) is 4. The van der Waals surface area contributed by atoms with E-state index >= 15 is 0 Å². The van der Waals surface area contributed by atoms with E-state index < -0.39 is 15.7 Å². The lowest BCUT2D eigenvalue weighted by Crippen LogP contribution is -2.39. The molecule has 0 unspecified atom stereocenters. The number of carbonyl (C=O) groups excluding carboxylic acids is 1. The van der Waals surface area contributed by atoms with Crippen LogP contribution < -0.4 is 5.32 Å². The second-order valence-corrected chi connectivity index (χ2v) is 7.81. The van der Waals surface area contributed by atoms with Gasteiger partial charge in [-0.3, -0.25) is 4.79 Å². The van der Waals surface area contributed by atoms with Gasteiger partial charge in [-0.05, 0) is 31.4 Å². The van der Waals surface area contributed by atoms with E-state index in [-0.39, 0.29) is 23.8 Å². The lowest BCUT2D eigenvalue weighted by molar-refractivity contribution is -0.130. The van der Waals surface area contributed by atoms with Crippen LogP contribution in [-0.4, -0.2) is 45.1 Å². The van der Waals surface area contributed by atoms with Gasteiger partial charge in [0.1, 0.15) is 5.82 Å². The van der Waals surface area contributed by atoms with E-state index in [1.54, 1.807) is 6.07 Å². The van der Waals surface area contributed by atoms with E-state index in [0.29, 0.717) is 5.69 Å². The molecule has 1 aromatic rings. The van der Waals surface area contributed by atoms with Crippen molar-refractivity contribution in [3.05, 3.63) is 29.6 Å². The fourth-order valence-corrected chi connectivity index (χ4v) is 3.29. The van der Waals surface area contributed by atoms with Gasteiger partial charge in [0.05, 0.1) is 12.3 Å². The number of piperidine rings is 1. The maximum atomic E-state index is 13.9. The van der Waals surface area contributed by atoms with Crippen molar-refractivity contribution in [1.29, 1.82) is 0 Å². The molecular weight excluding hydrogens is 307 g/mol. The summed E-state index contributed by atoms with van der Waals surface area (Å²) in [5.74, 6) is -0.910. The lowest BCUT2D eigenvalue weighted by Gasteiger charge is -2.26. The third-order valence-corrected chi connectivity index (χ3v) is 4.46. The maximum absolute atomic E-state index is 13.9. The van der Waals surface area contributed by atoms with Crippen LogP contribution in [0.3, 0.4) is 0 Å². The van der Waals surface area contributed by atoms with Gasteiger partial charge in [-0.2, -0.15) is 0 Å². The molecule has 1 saturated heterocycles. The molecule has 122 valence electrons. The number of nitrogens with one attached hydrogen (secondary N) is 1. The van der Waals surface area contributed by atoms with Crippen LogP contribution in [0, 0.1) is 5.82 Å². The summed E-state index contributed by atoms with van der Waals surface area (Å²) in [4.78, 5) is 13.8. The maximum Gasteiger partial charge on any atom is 0.241 e. The molecule has 0 spiro atoms. The van der Waals surface area contributed by atoms with Crippen LogP contribution in [0.25, 0.3) is 0 Å². The molecule has 0 bridgehead atoms. The molecular formula is C15H21FN2O3S. The molecule has 1 amide bonds. The monoisotopic (exact) mass is 328 g/mol. The predicted molar refractivity (Wildman–Crippen MR) is 83.9 cm³/mol. The summed E-state index contributed by atoms with van der Waals surface area (Å²) in [5, 5.41) is 2.89. The van der Waals surface area contributed by atoms with Crippen molar-refractivity contribution in [2.24, 2.45) is 0 Å². The summed E-state index contributed by atoms with van der Waals surface area (Å²) in [6.07, 6.45) is 4.28. The molecule has 1 heterocycles. The van der Waals surface area contributed by atoms with Crippen molar-refractivity contribution in [2.75, 3.05) is 31.2 Å². The largest absolute Gasteiger partial charge is 0.376 e. The Balaban J connectivity index is 1.93. The molecule has 1 N–H and O–H groups in total. The highest BCUT2D eigenvalue weighted by molar-refractivity contribution is 7.89. The minimum Gasteiger partial charge on any atom is -0.376 e. The Labute approximate surface area is 130 Å². The van der Waals surface area contributed by atoms with Gasteiger partial charge >= 0.3 is 0 Å². The number of carbonyl (C=O) groups is 1. The highest BCUT2D eigenvalue weighted by Gasteiger charge is 2.16. The Morgan fingerprint density at radius 3 is 2.55 bits per heavy atom. The molecule has 2 rings (SSSR count). The number of benzene rings is 1. The summed E-state index contributed by atoms with van der Waals surface area (Å²) >= 11 is 0. The van der Waals surface area contributed by atoms with Gasteiger partial charge in [-0.1, -0.05) is 6.07 Å². The number of likely N-dealkylation sites (tertiary alicyclic amines) is 1. The molecule has 0 aromatic heterocycles. The molecule has 1 aromatic carbocycles. The summed E-state index contributed by atoms with van der Waals surface area (Å²) in [5.41, 5.74) is 0.607. The van der Waals surface area contributed by atoms with Gasteiger partial charge in [-0.25, -0.2) is 12.8 Å². The fraction of sp³-hybridized carbons (Fsp3) is 0.533. The zero-order chi connectivity index (χ0) is 16.2. The predicted octanol–water partition coefficient (Wildman–Crippen LogP) is 1.79. The van der Waals surface area contributed by atoms with Gasteiger partial charge in [0, 0.05) is 30.6 Å². The molecule has 0 radical (unpaired) electrons. The van der Waals surface area contributed by atoms with Crippen LogP contribution in [0.5, 0.6) is 0 Å². The number of hydrogen-bond donors (Lipinski definition) is 1. The van der Waals surface area contributed by atoms with Crippen LogP contribution in [0.4, 0.5) is 10.1 Å². The van der Waals surface area contributed by atoms with Crippen molar-refractivity contribution in [3.63, 3.8) is 0 Å². The number of rotatable bonds is 5. The van der Waals surface area contributed by atoms with Crippen molar-refractivity contribution in [2.45, 2.75) is 25.0 Å². The van der Waals surface area contributed by atoms with E-state index in [2.05, 4.69) is 5.32 Å². The minimum atomic E-state index is -3.27. The average molecular weight is 328 g/mol. The summed E-state index contributed by atoms with van der Waals surface area (Å²) < 4.78 is 36.3. The first kappa shape index (κ1) is 16.7. The Hall–Kier alpha value is -1.63. The average Bonchev–Trinajstić information content (AvgIpc) is 2.47. The second-order valence-electron chi connectivity index (χ2n) is 5.67. The van der Waals surface area contributed by atoms with Gasteiger partial charge in [-0.15, -0.1) is 0 Å². The minimum absolute atomic E-state index is 0.000297. The number of sulfone groups is 1. The first-order chi connectivity index (χ1) is 10.3. The highest BCUT2D eigenvalue weighted by atomic mass is 32.2. The number of amides is 1. The van der Waals surface area contributed by atoms with Crippen LogP contribution >= 0.6 is 0 Å². The normalized spacial score (nSPS) is 15.6. The summed E-state index contributed by atoms with van der Waals surface area (Å²) in [6, 6.07) is 4.25. The SMILES string of the molecule is CS(=O)(=O)Cc1ccc(NCC(=O)N2CCCCC2)cc1F. The summed E-state index contributed by atoms with van der Waals surface area (Å²) in [7, 11) is -3.27. The van der Waals surface area contributed by atoms with Gasteiger partial charge in [0.25, 0.3) is 0 Å². The smallest absolute Gasteiger partial charge is 0.241 e. The lowest BCUT2D eigenvalue weighted by atomic mass is 10.1. The first-order valence-corrected chi connectivity index (χ1v) is 9.39. The molecule has 1 fully saturated rings. The third-order valence-electron chi connectivity index (χ3n) is 3.62. The zero-order valence-corrected chi connectivity index (χ0v) is 13.5. The van der Waals surface area contributed by atoms with Gasteiger partial charge in [0.15, 0.2) is 9.84 Å². The molecule has 1 aliphatic heterocycles. The Morgan fingerprint density at radius 1 is 1.27 bits per heavy atom. The number of nitrogens with zero attached hydrogens (tertiary/aromatic N) is 1. The summed E-state index contributed by atoms with van der Waals surface area (Å²) in [6.45, 7) is 1.68. The molecule has 0 atom stereocenters. The number of halogens is 1. The molecule has 22 heavy (non-hydrogen) atoms. The van der Waals surface area contributed by atoms with Crippen molar-refractivity contribution in [3.8, 4) is 0 Å². The van der Waals surface area contributed by atoms with Crippen molar-refractivity contribution in [1.82, 2.24) is 4.90 Å². The van der Waals surface area contributed by atoms with E-state index in [0.717, 1.165) is 38.6 Å². The van der Waals surface area contributed by atoms with Crippen molar-refractivity contribution < 1.29 is 17.6 Å². The van der Waals surface area contributed by atoms with Crippen LogP contribution in [-0.2, 0) is 20.4 Å². The number of anilines is 1. The third kappa shape index (κ3) is 4.98. The quantitative estimate of drug-likeness (QED) is 0.895. The van der Waals surface area contributed by atoms with Crippen LogP contribution in [0.15, 0.2) is 18.2 Å². The molecule has 0 aliphatic carbocycles. The van der Waals surface area contributed by atoms with E-state index in [4.69, 9.17) is 0 Å². The first-order valence-electron chi connectivity index (χ1n) is 7.33. The van der Waals surface area contributed by atoms with Gasteiger partial charge in [0.2, 0.25) is 5.91 Å². The van der Waals surface area contributed by atoms with Crippen LogP contribution in [0.1, 0.15) is 24.8 Å². The highest BCUT2D eigenvalue weighted by Crippen LogP contribution is 2.17. The van der Waals surface area contributed by atoms with E-state index in [1.165, 1.54) is 12.1 Å². The van der Waals surface area contributed by atoms with Crippen LogP contribution in [0.2, 0.25) is 0 Å². The van der Waals surface area contributed by atoms with Crippen molar-refractivity contribution >= 4 is 21.4 Å². The standard InChI is InChI=1S/C15H21FN2O3S/c1-22(20,21)11-12-5-6-13(9-14(12)16)17-10-15(19)18-7-3-2-4-8-18/h5-6,9,17H,2-4,7-8,10-11H2,1H3. The zero-order valence-electron chi connectivity index (χ0n) is 12.6. The fourth-order valence-electron chi connectivity index (χ4n) is 2.49. The second kappa shape index (κ2) is 7.09. The molecule has 5 nitrogen and oxygen atoms in total. The van der Waals surface area contributed by atoms with Gasteiger partial charge < -0.3 is 10.2 Å². The molecule has 1 aliphatic rings. The Kier molecular flexibility index (Phi) is 5.39. The Morgan fingerprint density at radius 2 is 1.95 bits per heavy atom. The van der Waals surface area contributed by atoms with E-state index in [9.17, 15) is 17.6 Å². The topological polar surface area (TPSA) is 66.5 Å². The van der Waals surface area contributed by atoms with E-state index in [1.807, 2.05) is 4.90 Å².